The Labute approximate surface area is 166 Å². The molecule has 1 aliphatic heterocycles. The molecule has 2 aromatic carbocycles. The lowest BCUT2D eigenvalue weighted by Crippen LogP contribution is -2.48. The fraction of sp³-hybridized carbons (Fsp3) is 0.350. The van der Waals surface area contributed by atoms with Crippen molar-refractivity contribution in [2.24, 2.45) is 5.92 Å². The van der Waals surface area contributed by atoms with Crippen LogP contribution in [0.25, 0.3) is 11.1 Å². The molecule has 1 heterocycles. The van der Waals surface area contributed by atoms with Gasteiger partial charge in [0.15, 0.2) is 0 Å². The summed E-state index contributed by atoms with van der Waals surface area (Å²) < 4.78 is 33.4. The zero-order valence-corrected chi connectivity index (χ0v) is 16.3. The lowest BCUT2D eigenvalue weighted by atomic mass is 9.91. The Morgan fingerprint density at radius 3 is 2.11 bits per heavy atom. The molecule has 0 amide bonds. The molecule has 0 bridgehead atoms. The largest absolute Gasteiger partial charge is 0.497 e. The van der Waals surface area contributed by atoms with Crippen LogP contribution in [0.3, 0.4) is 0 Å². The lowest BCUT2D eigenvalue weighted by Gasteiger charge is -2.34. The van der Waals surface area contributed by atoms with Crippen LogP contribution < -0.4 is 9.04 Å². The summed E-state index contributed by atoms with van der Waals surface area (Å²) in [6.45, 7) is 0.910. The van der Waals surface area contributed by atoms with Gasteiger partial charge in [-0.15, -0.1) is 0 Å². The SMILES string of the molecule is COc1ccc(-c2ccc(N(C(C(=O)O)C3CCOCC3)S(=O)O)cc2)cc1. The van der Waals surface area contributed by atoms with E-state index in [0.717, 1.165) is 21.2 Å². The number of benzene rings is 2. The Hall–Kier alpha value is -2.42. The van der Waals surface area contributed by atoms with E-state index >= 15 is 0 Å². The summed E-state index contributed by atoms with van der Waals surface area (Å²) in [6, 6.07) is 13.4. The molecule has 1 fully saturated rings. The van der Waals surface area contributed by atoms with Crippen molar-refractivity contribution in [2.75, 3.05) is 24.6 Å². The number of hydrogen-bond donors (Lipinski definition) is 2. The highest BCUT2D eigenvalue weighted by molar-refractivity contribution is 7.80. The highest BCUT2D eigenvalue weighted by Crippen LogP contribution is 2.31. The van der Waals surface area contributed by atoms with Crippen molar-refractivity contribution in [3.8, 4) is 16.9 Å². The third-order valence-electron chi connectivity index (χ3n) is 4.93. The molecule has 1 aliphatic rings. The Morgan fingerprint density at radius 1 is 1.11 bits per heavy atom. The van der Waals surface area contributed by atoms with Crippen LogP contribution in [0.1, 0.15) is 12.8 Å². The maximum absolute atomic E-state index is 12.0. The van der Waals surface area contributed by atoms with E-state index in [1.165, 1.54) is 0 Å². The average Bonchev–Trinajstić information content (AvgIpc) is 2.72. The van der Waals surface area contributed by atoms with E-state index in [2.05, 4.69) is 0 Å². The summed E-state index contributed by atoms with van der Waals surface area (Å²) in [6.07, 6.45) is 1.07. The van der Waals surface area contributed by atoms with Gasteiger partial charge in [-0.25, -0.2) is 9.00 Å². The number of carbonyl (C=O) groups is 1. The van der Waals surface area contributed by atoms with Crippen LogP contribution in [0.4, 0.5) is 5.69 Å². The van der Waals surface area contributed by atoms with E-state index in [-0.39, 0.29) is 5.92 Å². The molecule has 8 heteroatoms. The van der Waals surface area contributed by atoms with Gasteiger partial charge in [0.05, 0.1) is 12.8 Å². The minimum absolute atomic E-state index is 0.261. The van der Waals surface area contributed by atoms with Crippen molar-refractivity contribution in [3.05, 3.63) is 48.5 Å². The number of rotatable bonds is 7. The maximum atomic E-state index is 12.0. The first-order valence-electron chi connectivity index (χ1n) is 8.96. The van der Waals surface area contributed by atoms with Crippen molar-refractivity contribution in [1.82, 2.24) is 0 Å². The van der Waals surface area contributed by atoms with Crippen LogP contribution in [0, 0.1) is 5.92 Å². The van der Waals surface area contributed by atoms with E-state index in [4.69, 9.17) is 9.47 Å². The van der Waals surface area contributed by atoms with Crippen LogP contribution in [-0.4, -0.2) is 46.2 Å². The molecule has 0 aromatic heterocycles. The van der Waals surface area contributed by atoms with Gasteiger partial charge < -0.3 is 14.6 Å². The van der Waals surface area contributed by atoms with Gasteiger partial charge in [0.2, 0.25) is 0 Å². The van der Waals surface area contributed by atoms with Gasteiger partial charge in [0, 0.05) is 13.2 Å². The van der Waals surface area contributed by atoms with Crippen molar-refractivity contribution in [1.29, 1.82) is 0 Å². The monoisotopic (exact) mass is 405 g/mol. The molecule has 150 valence electrons. The second-order valence-electron chi connectivity index (χ2n) is 6.56. The van der Waals surface area contributed by atoms with Gasteiger partial charge in [-0.1, -0.05) is 24.3 Å². The van der Waals surface area contributed by atoms with Gasteiger partial charge in [-0.05, 0) is 54.2 Å². The van der Waals surface area contributed by atoms with E-state index < -0.39 is 23.3 Å². The summed E-state index contributed by atoms with van der Waals surface area (Å²) in [7, 11) is 1.60. The minimum Gasteiger partial charge on any atom is -0.497 e. The van der Waals surface area contributed by atoms with Gasteiger partial charge in [-0.2, -0.15) is 0 Å². The molecule has 1 saturated heterocycles. The molecule has 2 atom stereocenters. The molecule has 0 aliphatic carbocycles. The first-order chi connectivity index (χ1) is 13.5. The molecule has 0 saturated carbocycles. The molecule has 2 aromatic rings. The van der Waals surface area contributed by atoms with Crippen molar-refractivity contribution < 1.29 is 28.1 Å². The summed E-state index contributed by atoms with van der Waals surface area (Å²) in [4.78, 5) is 11.9. The van der Waals surface area contributed by atoms with Crippen LogP contribution in [0.15, 0.2) is 48.5 Å². The van der Waals surface area contributed by atoms with E-state index in [9.17, 15) is 18.7 Å². The van der Waals surface area contributed by atoms with Crippen LogP contribution in [0.5, 0.6) is 5.75 Å². The van der Waals surface area contributed by atoms with Gasteiger partial charge in [-0.3, -0.25) is 8.86 Å². The number of ether oxygens (including phenoxy) is 2. The highest BCUT2D eigenvalue weighted by atomic mass is 32.2. The Balaban J connectivity index is 1.88. The number of aliphatic carboxylic acids is 1. The zero-order valence-electron chi connectivity index (χ0n) is 15.5. The molecular weight excluding hydrogens is 382 g/mol. The standard InChI is InChI=1S/C20H23NO6S/c1-26-18-8-4-15(5-9-18)14-2-6-17(7-3-14)21(28(24)25)19(20(22)23)16-10-12-27-13-11-16/h2-9,16,19H,10-13H2,1H3,(H,22,23)(H,24,25). The second-order valence-corrected chi connectivity index (χ2v) is 7.42. The fourth-order valence-electron chi connectivity index (χ4n) is 3.46. The molecule has 28 heavy (non-hydrogen) atoms. The molecule has 2 unspecified atom stereocenters. The van der Waals surface area contributed by atoms with Crippen LogP contribution >= 0.6 is 0 Å². The Kier molecular flexibility index (Phi) is 6.66. The van der Waals surface area contributed by atoms with Gasteiger partial charge in [0.1, 0.15) is 11.8 Å². The maximum Gasteiger partial charge on any atom is 0.327 e. The Bertz CT molecular complexity index is 818. The predicted octanol–water partition coefficient (Wildman–Crippen LogP) is 3.19. The summed E-state index contributed by atoms with van der Waals surface area (Å²) in [5.74, 6) is -0.625. The predicted molar refractivity (Wildman–Crippen MR) is 107 cm³/mol. The molecule has 0 spiro atoms. The van der Waals surface area contributed by atoms with Crippen LogP contribution in [-0.2, 0) is 20.8 Å². The van der Waals surface area contributed by atoms with E-state index in [1.807, 2.05) is 24.3 Å². The number of carboxylic acids is 1. The van der Waals surface area contributed by atoms with Crippen molar-refractivity contribution in [3.63, 3.8) is 0 Å². The van der Waals surface area contributed by atoms with Crippen molar-refractivity contribution >= 4 is 22.9 Å². The molecular formula is C20H23NO6S. The van der Waals surface area contributed by atoms with E-state index in [1.54, 1.807) is 31.4 Å². The number of nitrogens with zero attached hydrogens (tertiary/aromatic N) is 1. The first kappa shape index (κ1) is 20.3. The average molecular weight is 405 g/mol. The molecule has 2 N–H and O–H groups in total. The number of methoxy groups -OCH3 is 1. The minimum atomic E-state index is -2.47. The summed E-state index contributed by atoms with van der Waals surface area (Å²) in [5.41, 5.74) is 2.26. The normalized spacial score (nSPS) is 16.9. The topological polar surface area (TPSA) is 96.3 Å². The summed E-state index contributed by atoms with van der Waals surface area (Å²) >= 11 is -2.47. The number of hydrogen-bond acceptors (Lipinski definition) is 4. The van der Waals surface area contributed by atoms with Crippen molar-refractivity contribution in [2.45, 2.75) is 18.9 Å². The highest BCUT2D eigenvalue weighted by Gasteiger charge is 2.37. The molecule has 3 rings (SSSR count). The summed E-state index contributed by atoms with van der Waals surface area (Å²) in [5, 5.41) is 9.75. The smallest absolute Gasteiger partial charge is 0.327 e. The Morgan fingerprint density at radius 2 is 1.64 bits per heavy atom. The lowest BCUT2D eigenvalue weighted by molar-refractivity contribution is -0.140. The van der Waals surface area contributed by atoms with Crippen LogP contribution in [0.2, 0.25) is 0 Å². The quantitative estimate of drug-likeness (QED) is 0.687. The second kappa shape index (κ2) is 9.18. The fourth-order valence-corrected chi connectivity index (χ4v) is 4.22. The molecule has 7 nitrogen and oxygen atoms in total. The third-order valence-corrected chi connectivity index (χ3v) is 5.71. The third kappa shape index (κ3) is 4.52. The number of carboxylic acid groups (broad SMARTS) is 1. The first-order valence-corrected chi connectivity index (χ1v) is 10.0. The molecule has 0 radical (unpaired) electrons. The van der Waals surface area contributed by atoms with Gasteiger partial charge in [0.25, 0.3) is 11.3 Å². The number of anilines is 1. The van der Waals surface area contributed by atoms with Gasteiger partial charge >= 0.3 is 5.97 Å². The van der Waals surface area contributed by atoms with E-state index in [0.29, 0.717) is 31.7 Å². The zero-order chi connectivity index (χ0) is 20.1.